The fourth-order valence-electron chi connectivity index (χ4n) is 0.502. The highest BCUT2D eigenvalue weighted by molar-refractivity contribution is 7.56. The summed E-state index contributed by atoms with van der Waals surface area (Å²) in [4.78, 5) is 10.7. The number of carbonyl (C=O) groups is 1. The van der Waals surface area contributed by atoms with Crippen LogP contribution < -0.4 is 5.32 Å². The van der Waals surface area contributed by atoms with Crippen LogP contribution in [-0.4, -0.2) is 37.2 Å². The van der Waals surface area contributed by atoms with E-state index in [0.29, 0.717) is 6.42 Å². The fourth-order valence-corrected chi connectivity index (χ4v) is 1.15. The van der Waals surface area contributed by atoms with Gasteiger partial charge in [0.05, 0.1) is 0 Å². The molecule has 10 heavy (non-hydrogen) atoms. The number of amides is 1. The van der Waals surface area contributed by atoms with Gasteiger partial charge in [0.1, 0.15) is 6.73 Å². The highest BCUT2D eigenvalue weighted by Gasteiger charge is 2.00. The van der Waals surface area contributed by atoms with Crippen molar-refractivity contribution in [3.05, 3.63) is 0 Å². The zero-order chi connectivity index (χ0) is 7.98. The van der Waals surface area contributed by atoms with E-state index >= 15 is 0 Å². The molecule has 0 aliphatic heterocycles. The molecule has 0 aliphatic carbocycles. The molecule has 4 heteroatoms. The molecular formula is C6H14NO2P. The Bertz CT molecular complexity index is 106. The maximum atomic E-state index is 10.7. The van der Waals surface area contributed by atoms with E-state index in [1.807, 2.05) is 0 Å². The van der Waals surface area contributed by atoms with Crippen LogP contribution in [0.3, 0.4) is 0 Å². The molecule has 0 bridgehead atoms. The number of aliphatic hydroxyl groups is 1. The van der Waals surface area contributed by atoms with Gasteiger partial charge in [0.2, 0.25) is 5.91 Å². The number of nitrogens with one attached hydrogen (secondary N) is 1. The minimum atomic E-state index is -0.246. The van der Waals surface area contributed by atoms with Gasteiger partial charge in [-0.25, -0.2) is 0 Å². The van der Waals surface area contributed by atoms with E-state index in [-0.39, 0.29) is 20.6 Å². The van der Waals surface area contributed by atoms with Crippen LogP contribution in [0, 0.1) is 0 Å². The molecular weight excluding hydrogens is 149 g/mol. The minimum absolute atomic E-state index is 0.0138. The first kappa shape index (κ1) is 9.86. The first-order chi connectivity index (χ1) is 4.66. The third-order valence-corrected chi connectivity index (χ3v) is 2.18. The summed E-state index contributed by atoms with van der Waals surface area (Å²) >= 11 is 0. The van der Waals surface area contributed by atoms with Gasteiger partial charge in [-0.2, -0.15) is 0 Å². The highest BCUT2D eigenvalue weighted by Crippen LogP contribution is 2.24. The van der Waals surface area contributed by atoms with E-state index in [9.17, 15) is 4.79 Å². The Morgan fingerprint density at radius 3 is 2.60 bits per heavy atom. The molecule has 0 unspecified atom stereocenters. The van der Waals surface area contributed by atoms with Gasteiger partial charge in [-0.1, -0.05) is 0 Å². The number of rotatable bonds is 4. The number of hydrogen-bond acceptors (Lipinski definition) is 2. The van der Waals surface area contributed by atoms with Crippen molar-refractivity contribution in [1.29, 1.82) is 0 Å². The predicted molar refractivity (Wildman–Crippen MR) is 43.5 cm³/mol. The second-order valence-corrected chi connectivity index (χ2v) is 4.92. The van der Waals surface area contributed by atoms with Crippen molar-refractivity contribution in [2.75, 3.05) is 26.2 Å². The molecule has 1 amide bonds. The SMILES string of the molecule is CP(C)CCC(=O)NCO. The Labute approximate surface area is 62.6 Å². The third kappa shape index (κ3) is 5.99. The van der Waals surface area contributed by atoms with Gasteiger partial charge in [0.25, 0.3) is 0 Å². The van der Waals surface area contributed by atoms with Crippen LogP contribution in [0.25, 0.3) is 0 Å². The molecule has 0 aliphatic rings. The summed E-state index contributed by atoms with van der Waals surface area (Å²) in [7, 11) is 0.0138. The van der Waals surface area contributed by atoms with Crippen molar-refractivity contribution in [3.8, 4) is 0 Å². The van der Waals surface area contributed by atoms with E-state index in [1.165, 1.54) is 0 Å². The van der Waals surface area contributed by atoms with Crippen LogP contribution in [0.15, 0.2) is 0 Å². The first-order valence-electron chi connectivity index (χ1n) is 3.19. The lowest BCUT2D eigenvalue weighted by Crippen LogP contribution is -2.24. The average molecular weight is 163 g/mol. The summed E-state index contributed by atoms with van der Waals surface area (Å²) in [5.74, 6) is -0.0568. The zero-order valence-corrected chi connectivity index (χ0v) is 7.32. The van der Waals surface area contributed by atoms with Crippen LogP contribution >= 0.6 is 7.92 Å². The van der Waals surface area contributed by atoms with E-state index in [4.69, 9.17) is 5.11 Å². The number of aliphatic hydroxyl groups excluding tert-OH is 1. The average Bonchev–Trinajstić information content (AvgIpc) is 1.85. The smallest absolute Gasteiger partial charge is 0.222 e. The lowest BCUT2D eigenvalue weighted by atomic mass is 10.5. The van der Waals surface area contributed by atoms with Crippen LogP contribution in [-0.2, 0) is 4.79 Å². The van der Waals surface area contributed by atoms with Crippen LogP contribution in [0.5, 0.6) is 0 Å². The summed E-state index contributed by atoms with van der Waals surface area (Å²) < 4.78 is 0. The molecule has 0 heterocycles. The van der Waals surface area contributed by atoms with E-state index in [1.54, 1.807) is 0 Å². The molecule has 0 saturated carbocycles. The summed E-state index contributed by atoms with van der Waals surface area (Å²) in [5.41, 5.74) is 0. The molecule has 0 radical (unpaired) electrons. The zero-order valence-electron chi connectivity index (χ0n) is 6.42. The molecule has 0 aromatic carbocycles. The maximum absolute atomic E-state index is 10.7. The lowest BCUT2D eigenvalue weighted by molar-refractivity contribution is -0.121. The molecule has 0 aromatic rings. The molecule has 0 rings (SSSR count). The van der Waals surface area contributed by atoms with Crippen molar-refractivity contribution < 1.29 is 9.90 Å². The van der Waals surface area contributed by atoms with Crippen LogP contribution in [0.4, 0.5) is 0 Å². The van der Waals surface area contributed by atoms with E-state index < -0.39 is 0 Å². The third-order valence-electron chi connectivity index (χ3n) is 1.06. The Morgan fingerprint density at radius 1 is 1.60 bits per heavy atom. The van der Waals surface area contributed by atoms with E-state index in [0.717, 1.165) is 6.16 Å². The summed E-state index contributed by atoms with van der Waals surface area (Å²) in [6.45, 7) is 4.01. The van der Waals surface area contributed by atoms with Crippen molar-refractivity contribution in [2.24, 2.45) is 0 Å². The Morgan fingerprint density at radius 2 is 2.20 bits per heavy atom. The molecule has 3 nitrogen and oxygen atoms in total. The Balaban J connectivity index is 3.22. The molecule has 0 saturated heterocycles. The normalized spacial score (nSPS) is 10.0. The Hall–Kier alpha value is -0.140. The maximum Gasteiger partial charge on any atom is 0.222 e. The largest absolute Gasteiger partial charge is 0.377 e. The van der Waals surface area contributed by atoms with Gasteiger partial charge in [-0.05, 0) is 19.5 Å². The van der Waals surface area contributed by atoms with Crippen molar-refractivity contribution in [1.82, 2.24) is 5.32 Å². The standard InChI is InChI=1S/C6H14NO2P/c1-10(2)4-3-6(9)7-5-8/h8H,3-5H2,1-2H3,(H,7,9). The van der Waals surface area contributed by atoms with E-state index in [2.05, 4.69) is 18.6 Å². The monoisotopic (exact) mass is 163 g/mol. The molecule has 0 atom stereocenters. The van der Waals surface area contributed by atoms with Crippen molar-refractivity contribution >= 4 is 13.8 Å². The van der Waals surface area contributed by atoms with Gasteiger partial charge in [-0.3, -0.25) is 4.79 Å². The second-order valence-electron chi connectivity index (χ2n) is 2.31. The van der Waals surface area contributed by atoms with Crippen molar-refractivity contribution in [2.45, 2.75) is 6.42 Å². The van der Waals surface area contributed by atoms with Crippen LogP contribution in [0.1, 0.15) is 6.42 Å². The topological polar surface area (TPSA) is 49.3 Å². The molecule has 60 valence electrons. The number of carbonyl (C=O) groups excluding carboxylic acids is 1. The van der Waals surface area contributed by atoms with Crippen molar-refractivity contribution in [3.63, 3.8) is 0 Å². The second kappa shape index (κ2) is 5.63. The lowest BCUT2D eigenvalue weighted by Gasteiger charge is -2.03. The quantitative estimate of drug-likeness (QED) is 0.459. The van der Waals surface area contributed by atoms with Gasteiger partial charge in [0, 0.05) is 6.42 Å². The predicted octanol–water partition coefficient (Wildman–Crippen LogP) is 0.184. The minimum Gasteiger partial charge on any atom is -0.377 e. The van der Waals surface area contributed by atoms with Gasteiger partial charge < -0.3 is 10.4 Å². The fraction of sp³-hybridized carbons (Fsp3) is 0.833. The molecule has 0 aromatic heterocycles. The summed E-state index contributed by atoms with van der Waals surface area (Å²) in [5, 5.41) is 10.6. The van der Waals surface area contributed by atoms with Crippen LogP contribution in [0.2, 0.25) is 0 Å². The van der Waals surface area contributed by atoms with Gasteiger partial charge in [0.15, 0.2) is 0 Å². The Kier molecular flexibility index (Phi) is 5.55. The molecule has 0 spiro atoms. The molecule has 2 N–H and O–H groups in total. The molecule has 0 fully saturated rings. The summed E-state index contributed by atoms with van der Waals surface area (Å²) in [6.07, 6.45) is 1.49. The summed E-state index contributed by atoms with van der Waals surface area (Å²) in [6, 6.07) is 0. The van der Waals surface area contributed by atoms with Gasteiger partial charge in [-0.15, -0.1) is 7.92 Å². The van der Waals surface area contributed by atoms with Gasteiger partial charge >= 0.3 is 0 Å². The number of hydrogen-bond donors (Lipinski definition) is 2. The highest BCUT2D eigenvalue weighted by atomic mass is 31.1. The first-order valence-corrected chi connectivity index (χ1v) is 5.61.